The molecule has 0 bridgehead atoms. The summed E-state index contributed by atoms with van der Waals surface area (Å²) in [7, 11) is 0. The number of fused-ring (bicyclic) bond motifs is 1. The fourth-order valence-electron chi connectivity index (χ4n) is 5.99. The molecule has 6 rings (SSSR count). The van der Waals surface area contributed by atoms with Crippen molar-refractivity contribution in [1.29, 1.82) is 0 Å². The molecule has 2 aliphatic heterocycles. The van der Waals surface area contributed by atoms with Gasteiger partial charge in [-0.15, -0.1) is 0 Å². The van der Waals surface area contributed by atoms with Crippen LogP contribution in [0.3, 0.4) is 0 Å². The number of hydrogen-bond donors (Lipinski definition) is 0. The molecule has 5 heterocycles. The van der Waals surface area contributed by atoms with E-state index in [-0.39, 0.29) is 0 Å². The number of nitrogens with zero attached hydrogens (tertiary/aromatic N) is 6. The highest BCUT2D eigenvalue weighted by atomic mass is 15.2. The Morgan fingerprint density at radius 2 is 1.58 bits per heavy atom. The zero-order chi connectivity index (χ0) is 20.7. The lowest BCUT2D eigenvalue weighted by Crippen LogP contribution is -2.43. The smallest absolute Gasteiger partial charge is 0.162 e. The first kappa shape index (κ1) is 19.1. The number of aromatic nitrogens is 4. The second kappa shape index (κ2) is 7.83. The largest absolute Gasteiger partial charge is 0.356 e. The van der Waals surface area contributed by atoms with Gasteiger partial charge in [-0.3, -0.25) is 14.9 Å². The number of likely N-dealkylation sites (tertiary alicyclic amines) is 1. The predicted molar refractivity (Wildman–Crippen MR) is 123 cm³/mol. The molecule has 2 saturated heterocycles. The first-order valence-electron chi connectivity index (χ1n) is 11.8. The van der Waals surface area contributed by atoms with Crippen LogP contribution in [-0.2, 0) is 0 Å². The van der Waals surface area contributed by atoms with E-state index < -0.39 is 0 Å². The summed E-state index contributed by atoms with van der Waals surface area (Å²) in [6.07, 6.45) is 16.9. The lowest BCUT2D eigenvalue weighted by molar-refractivity contribution is 0.178. The van der Waals surface area contributed by atoms with Crippen molar-refractivity contribution in [2.45, 2.75) is 51.0 Å². The summed E-state index contributed by atoms with van der Waals surface area (Å²) in [4.78, 5) is 23.6. The minimum atomic E-state index is 0.511. The van der Waals surface area contributed by atoms with Crippen LogP contribution in [-0.4, -0.2) is 57.1 Å². The number of rotatable bonds is 3. The van der Waals surface area contributed by atoms with Gasteiger partial charge in [-0.05, 0) is 62.3 Å². The summed E-state index contributed by atoms with van der Waals surface area (Å²) in [5.74, 6) is 1.81. The van der Waals surface area contributed by atoms with Crippen molar-refractivity contribution >= 4 is 16.7 Å². The molecule has 0 atom stereocenters. The molecule has 6 heteroatoms. The van der Waals surface area contributed by atoms with Crippen molar-refractivity contribution in [2.24, 2.45) is 5.41 Å². The zero-order valence-electron chi connectivity index (χ0n) is 18.1. The van der Waals surface area contributed by atoms with Crippen LogP contribution in [0.15, 0.2) is 43.0 Å². The summed E-state index contributed by atoms with van der Waals surface area (Å²) >= 11 is 0. The molecule has 3 aromatic rings. The van der Waals surface area contributed by atoms with E-state index in [2.05, 4.69) is 25.8 Å². The number of hydrogen-bond acceptors (Lipinski definition) is 6. The van der Waals surface area contributed by atoms with Crippen molar-refractivity contribution in [3.63, 3.8) is 0 Å². The van der Waals surface area contributed by atoms with Crippen LogP contribution in [0.5, 0.6) is 0 Å². The van der Waals surface area contributed by atoms with Crippen molar-refractivity contribution in [1.82, 2.24) is 24.8 Å². The molecule has 31 heavy (non-hydrogen) atoms. The summed E-state index contributed by atoms with van der Waals surface area (Å²) < 4.78 is 0. The molecule has 1 saturated carbocycles. The van der Waals surface area contributed by atoms with Gasteiger partial charge in [-0.2, -0.15) is 0 Å². The van der Waals surface area contributed by atoms with Crippen LogP contribution in [0.1, 0.15) is 44.9 Å². The third kappa shape index (κ3) is 3.57. The van der Waals surface area contributed by atoms with Gasteiger partial charge in [0.05, 0.1) is 11.7 Å². The van der Waals surface area contributed by atoms with Gasteiger partial charge in [0.15, 0.2) is 5.82 Å². The summed E-state index contributed by atoms with van der Waals surface area (Å²) in [6, 6.07) is 6.87. The zero-order valence-corrected chi connectivity index (χ0v) is 18.1. The topological polar surface area (TPSA) is 58.0 Å². The van der Waals surface area contributed by atoms with Gasteiger partial charge in [0.2, 0.25) is 0 Å². The number of piperidine rings is 1. The molecule has 0 amide bonds. The molecular formula is C25H30N6. The average Bonchev–Trinajstić information content (AvgIpc) is 3.50. The van der Waals surface area contributed by atoms with E-state index in [1.807, 2.05) is 24.5 Å². The highest BCUT2D eigenvalue weighted by molar-refractivity contribution is 5.90. The first-order valence-corrected chi connectivity index (χ1v) is 11.8. The van der Waals surface area contributed by atoms with Gasteiger partial charge in [-0.25, -0.2) is 9.97 Å². The first-order chi connectivity index (χ1) is 15.3. The summed E-state index contributed by atoms with van der Waals surface area (Å²) in [5.41, 5.74) is 2.42. The molecule has 3 aliphatic rings. The molecule has 1 aliphatic carbocycles. The van der Waals surface area contributed by atoms with E-state index in [1.165, 1.54) is 58.0 Å². The molecule has 0 N–H and O–H groups in total. The van der Waals surface area contributed by atoms with Gasteiger partial charge in [0.1, 0.15) is 5.82 Å². The molecule has 0 unspecified atom stereocenters. The quantitative estimate of drug-likeness (QED) is 0.636. The fourth-order valence-corrected chi connectivity index (χ4v) is 5.99. The van der Waals surface area contributed by atoms with Crippen molar-refractivity contribution in [2.75, 3.05) is 31.1 Å². The van der Waals surface area contributed by atoms with E-state index in [4.69, 9.17) is 9.97 Å². The van der Waals surface area contributed by atoms with Crippen LogP contribution in [0.25, 0.3) is 22.3 Å². The number of anilines is 1. The van der Waals surface area contributed by atoms with Crippen molar-refractivity contribution < 1.29 is 0 Å². The maximum atomic E-state index is 5.04. The van der Waals surface area contributed by atoms with Crippen LogP contribution in [0, 0.1) is 5.41 Å². The minimum absolute atomic E-state index is 0.511. The Kier molecular flexibility index (Phi) is 4.82. The standard InChI is InChI=1S/C25H30N6/c1-2-4-20(3-1)31-16-10-25(18-31)8-14-30(15-9-25)24-21-7-13-27-17-22(21)28-23(29-24)19-5-11-26-12-6-19/h5-7,11-13,17,20H,1-4,8-10,14-16,18H2. The highest BCUT2D eigenvalue weighted by Gasteiger charge is 2.43. The molecular weight excluding hydrogens is 384 g/mol. The summed E-state index contributed by atoms with van der Waals surface area (Å²) in [6.45, 7) is 4.76. The van der Waals surface area contributed by atoms with E-state index >= 15 is 0 Å². The Labute approximate surface area is 183 Å². The third-order valence-electron chi connectivity index (χ3n) is 7.85. The van der Waals surface area contributed by atoms with Gasteiger partial charge >= 0.3 is 0 Å². The van der Waals surface area contributed by atoms with Crippen molar-refractivity contribution in [3.05, 3.63) is 43.0 Å². The fraction of sp³-hybridized carbons (Fsp3) is 0.520. The van der Waals surface area contributed by atoms with E-state index in [0.717, 1.165) is 47.2 Å². The SMILES string of the molecule is c1cc(-c2nc(N3CCC4(CC3)CCN(C3CCCC3)C4)c3ccncc3n2)ccn1. The Balaban J connectivity index is 1.26. The van der Waals surface area contributed by atoms with E-state index in [9.17, 15) is 0 Å². The Hall–Kier alpha value is -2.60. The van der Waals surface area contributed by atoms with Crippen LogP contribution in [0.4, 0.5) is 5.82 Å². The Bertz CT molecular complexity index is 1050. The molecule has 1 spiro atoms. The molecule has 3 aromatic heterocycles. The van der Waals surface area contributed by atoms with Gasteiger partial charge in [0, 0.05) is 55.2 Å². The van der Waals surface area contributed by atoms with Gasteiger partial charge < -0.3 is 4.90 Å². The molecule has 6 nitrogen and oxygen atoms in total. The average molecular weight is 415 g/mol. The van der Waals surface area contributed by atoms with Gasteiger partial charge in [-0.1, -0.05) is 12.8 Å². The Morgan fingerprint density at radius 3 is 2.39 bits per heavy atom. The van der Waals surface area contributed by atoms with Crippen LogP contribution in [0.2, 0.25) is 0 Å². The Morgan fingerprint density at radius 1 is 0.839 bits per heavy atom. The maximum absolute atomic E-state index is 5.04. The lowest BCUT2D eigenvalue weighted by atomic mass is 9.77. The maximum Gasteiger partial charge on any atom is 0.162 e. The van der Waals surface area contributed by atoms with Crippen LogP contribution < -0.4 is 4.90 Å². The molecule has 0 radical (unpaired) electrons. The monoisotopic (exact) mass is 414 g/mol. The van der Waals surface area contributed by atoms with E-state index in [0.29, 0.717) is 5.41 Å². The normalized spacial score (nSPS) is 22.0. The third-order valence-corrected chi connectivity index (χ3v) is 7.85. The van der Waals surface area contributed by atoms with E-state index in [1.54, 1.807) is 12.4 Å². The summed E-state index contributed by atoms with van der Waals surface area (Å²) in [5, 5.41) is 1.10. The lowest BCUT2D eigenvalue weighted by Gasteiger charge is -2.40. The number of pyridine rings is 2. The molecule has 3 fully saturated rings. The van der Waals surface area contributed by atoms with Gasteiger partial charge in [0.25, 0.3) is 0 Å². The van der Waals surface area contributed by atoms with Crippen molar-refractivity contribution in [3.8, 4) is 11.4 Å². The molecule has 0 aromatic carbocycles. The minimum Gasteiger partial charge on any atom is -0.356 e. The highest BCUT2D eigenvalue weighted by Crippen LogP contribution is 2.44. The second-order valence-corrected chi connectivity index (χ2v) is 9.65. The predicted octanol–water partition coefficient (Wildman–Crippen LogP) is 4.32. The second-order valence-electron chi connectivity index (χ2n) is 9.65. The van der Waals surface area contributed by atoms with Crippen LogP contribution >= 0.6 is 0 Å². The molecule has 160 valence electrons.